The van der Waals surface area contributed by atoms with Gasteiger partial charge in [0.2, 0.25) is 0 Å². The van der Waals surface area contributed by atoms with Gasteiger partial charge in [-0.1, -0.05) is 0 Å². The fourth-order valence-electron chi connectivity index (χ4n) is 1.33. The molecule has 0 bridgehead atoms. The number of amides is 1. The molecular formula is C8H13N2O2+. The lowest BCUT2D eigenvalue weighted by Gasteiger charge is -2.15. The number of hydrogen-bond acceptors (Lipinski definition) is 3. The Kier molecular flexibility index (Phi) is 2.02. The molecule has 0 aromatic carbocycles. The molecule has 0 saturated heterocycles. The zero-order valence-corrected chi connectivity index (χ0v) is 7.76. The number of nitrogens with zero attached hydrogens (tertiary/aromatic N) is 1. The van der Waals surface area contributed by atoms with Crippen LogP contribution in [-0.2, 0) is 9.59 Å². The molecule has 1 unspecified atom stereocenters. The number of Topliss-reactive ketones (excluding diaryl/α,β-unsaturated/α-hetero) is 1. The minimum atomic E-state index is -0.152. The second-order valence-corrected chi connectivity index (χ2v) is 2.99. The number of ketones is 1. The summed E-state index contributed by atoms with van der Waals surface area (Å²) in [6.07, 6.45) is 0. The summed E-state index contributed by atoms with van der Waals surface area (Å²) in [6, 6.07) is 0. The van der Waals surface area contributed by atoms with Crippen LogP contribution < -0.4 is 5.01 Å². The van der Waals surface area contributed by atoms with E-state index in [2.05, 4.69) is 0 Å². The van der Waals surface area contributed by atoms with E-state index < -0.39 is 0 Å². The molecule has 1 aliphatic heterocycles. The van der Waals surface area contributed by atoms with Crippen LogP contribution in [0.3, 0.4) is 0 Å². The molecule has 1 N–H and O–H groups in total. The van der Waals surface area contributed by atoms with E-state index in [1.54, 1.807) is 26.0 Å². The molecule has 12 heavy (non-hydrogen) atoms. The summed E-state index contributed by atoms with van der Waals surface area (Å²) >= 11 is 0. The van der Waals surface area contributed by atoms with Gasteiger partial charge in [0.05, 0.1) is 19.8 Å². The molecule has 0 aromatic heterocycles. The molecule has 1 heterocycles. The Balaban J connectivity index is 3.13. The average molecular weight is 169 g/mol. The van der Waals surface area contributed by atoms with Gasteiger partial charge in [-0.25, -0.2) is 9.80 Å². The number of allylic oxidation sites excluding steroid dienone is 1. The summed E-state index contributed by atoms with van der Waals surface area (Å²) in [5.74, 6) is -0.288. The molecule has 0 aliphatic carbocycles. The first-order chi connectivity index (χ1) is 5.46. The molecule has 4 heteroatoms. The van der Waals surface area contributed by atoms with Crippen LogP contribution >= 0.6 is 0 Å². The lowest BCUT2D eigenvalue weighted by Crippen LogP contribution is -3.15. The molecule has 66 valence electrons. The first kappa shape index (κ1) is 8.93. The van der Waals surface area contributed by atoms with Crippen LogP contribution in [-0.4, -0.2) is 30.8 Å². The third-order valence-corrected chi connectivity index (χ3v) is 2.28. The SMILES string of the molecule is CC(=O)C1=C(C)N(C)[NH+](C)C1=O. The molecule has 0 radical (unpaired) electrons. The zero-order chi connectivity index (χ0) is 9.46. The van der Waals surface area contributed by atoms with Gasteiger partial charge in [0.25, 0.3) is 0 Å². The van der Waals surface area contributed by atoms with E-state index in [-0.39, 0.29) is 11.7 Å². The third kappa shape index (κ3) is 1.04. The molecule has 0 aromatic rings. The van der Waals surface area contributed by atoms with Crippen LogP contribution in [0.5, 0.6) is 0 Å². The van der Waals surface area contributed by atoms with E-state index in [0.29, 0.717) is 10.6 Å². The summed E-state index contributed by atoms with van der Waals surface area (Å²) < 4.78 is 0. The van der Waals surface area contributed by atoms with Gasteiger partial charge in [-0.05, 0) is 13.8 Å². The van der Waals surface area contributed by atoms with Crippen LogP contribution in [0.4, 0.5) is 0 Å². The highest BCUT2D eigenvalue weighted by atomic mass is 16.2. The molecule has 1 amide bonds. The lowest BCUT2D eigenvalue weighted by atomic mass is 10.1. The maximum absolute atomic E-state index is 11.4. The van der Waals surface area contributed by atoms with Crippen molar-refractivity contribution in [2.45, 2.75) is 13.8 Å². The van der Waals surface area contributed by atoms with Crippen molar-refractivity contribution in [3.8, 4) is 0 Å². The summed E-state index contributed by atoms with van der Waals surface area (Å²) in [6.45, 7) is 3.20. The number of rotatable bonds is 1. The van der Waals surface area contributed by atoms with E-state index in [1.165, 1.54) is 6.92 Å². The highest BCUT2D eigenvalue weighted by molar-refractivity contribution is 6.16. The minimum absolute atomic E-state index is 0.137. The minimum Gasteiger partial charge on any atom is -0.294 e. The normalized spacial score (nSPS) is 23.8. The van der Waals surface area contributed by atoms with Gasteiger partial charge in [0.15, 0.2) is 5.78 Å². The van der Waals surface area contributed by atoms with Gasteiger partial charge < -0.3 is 0 Å². The quantitative estimate of drug-likeness (QED) is 0.499. The Labute approximate surface area is 71.4 Å². The van der Waals surface area contributed by atoms with Gasteiger partial charge in [-0.3, -0.25) is 4.79 Å². The number of carbonyl (C=O) groups excluding carboxylic acids is 2. The molecular weight excluding hydrogens is 156 g/mol. The van der Waals surface area contributed by atoms with Crippen LogP contribution in [0.1, 0.15) is 13.8 Å². The van der Waals surface area contributed by atoms with Crippen LogP contribution in [0.15, 0.2) is 11.3 Å². The van der Waals surface area contributed by atoms with Crippen LogP contribution in [0, 0.1) is 0 Å². The predicted molar refractivity (Wildman–Crippen MR) is 43.0 cm³/mol. The lowest BCUT2D eigenvalue weighted by molar-refractivity contribution is -0.909. The second-order valence-electron chi connectivity index (χ2n) is 2.99. The number of nitrogens with one attached hydrogen (secondary N) is 1. The molecule has 4 nitrogen and oxygen atoms in total. The highest BCUT2D eigenvalue weighted by Gasteiger charge is 2.37. The monoisotopic (exact) mass is 169 g/mol. The smallest absolute Gasteiger partial charge is 0.294 e. The van der Waals surface area contributed by atoms with Crippen molar-refractivity contribution < 1.29 is 14.6 Å². The number of carbonyl (C=O) groups is 2. The summed E-state index contributed by atoms with van der Waals surface area (Å²) in [7, 11) is 3.51. The Bertz CT molecular complexity index is 281. The molecule has 0 spiro atoms. The average Bonchev–Trinajstić information content (AvgIpc) is 2.16. The Morgan fingerprint density at radius 3 is 2.17 bits per heavy atom. The van der Waals surface area contributed by atoms with E-state index >= 15 is 0 Å². The predicted octanol–water partition coefficient (Wildman–Crippen LogP) is -1.25. The van der Waals surface area contributed by atoms with Crippen molar-refractivity contribution >= 4 is 11.7 Å². The van der Waals surface area contributed by atoms with E-state index in [9.17, 15) is 9.59 Å². The largest absolute Gasteiger partial charge is 0.373 e. The molecule has 0 saturated carbocycles. The molecule has 1 aliphatic rings. The first-order valence-electron chi connectivity index (χ1n) is 3.80. The van der Waals surface area contributed by atoms with Gasteiger partial charge in [-0.15, -0.1) is 0 Å². The Morgan fingerprint density at radius 1 is 1.50 bits per heavy atom. The fraction of sp³-hybridized carbons (Fsp3) is 0.500. The second kappa shape index (κ2) is 2.71. The molecule has 1 atom stereocenters. The van der Waals surface area contributed by atoms with Gasteiger partial charge in [0, 0.05) is 0 Å². The molecule has 0 fully saturated rings. The van der Waals surface area contributed by atoms with Crippen LogP contribution in [0.2, 0.25) is 0 Å². The van der Waals surface area contributed by atoms with Gasteiger partial charge >= 0.3 is 5.91 Å². The van der Waals surface area contributed by atoms with E-state index in [0.717, 1.165) is 5.70 Å². The third-order valence-electron chi connectivity index (χ3n) is 2.28. The number of likely N-dealkylation sites (N-methyl/N-ethyl adjacent to an activating group) is 1. The van der Waals surface area contributed by atoms with Crippen molar-refractivity contribution in [1.29, 1.82) is 0 Å². The van der Waals surface area contributed by atoms with E-state index in [4.69, 9.17) is 0 Å². The Hall–Kier alpha value is -1.16. The van der Waals surface area contributed by atoms with Crippen molar-refractivity contribution in [1.82, 2.24) is 5.01 Å². The topological polar surface area (TPSA) is 41.8 Å². The van der Waals surface area contributed by atoms with Gasteiger partial charge in [-0.2, -0.15) is 5.01 Å². The highest BCUT2D eigenvalue weighted by Crippen LogP contribution is 2.10. The summed E-state index contributed by atoms with van der Waals surface area (Å²) in [5, 5.41) is 2.37. The zero-order valence-electron chi connectivity index (χ0n) is 7.76. The van der Waals surface area contributed by atoms with Crippen molar-refractivity contribution in [2.24, 2.45) is 0 Å². The molecule has 1 rings (SSSR count). The summed E-state index contributed by atoms with van der Waals surface area (Å²) in [4.78, 5) is 22.4. The maximum atomic E-state index is 11.4. The van der Waals surface area contributed by atoms with Crippen molar-refractivity contribution in [3.63, 3.8) is 0 Å². The maximum Gasteiger partial charge on any atom is 0.373 e. The van der Waals surface area contributed by atoms with Crippen molar-refractivity contribution in [2.75, 3.05) is 14.1 Å². The first-order valence-corrected chi connectivity index (χ1v) is 3.80. The standard InChI is InChI=1S/C8H12N2O2/c1-5-7(6(2)11)8(12)10(4)9(5)3/h1-4H3/p+1. The number of hydrogen-bond donors (Lipinski definition) is 1. The fourth-order valence-corrected chi connectivity index (χ4v) is 1.33. The van der Waals surface area contributed by atoms with E-state index in [1.807, 2.05) is 0 Å². The summed E-state index contributed by atoms with van der Waals surface area (Å²) in [5.41, 5.74) is 1.08. The van der Waals surface area contributed by atoms with Gasteiger partial charge in [0.1, 0.15) is 5.57 Å². The van der Waals surface area contributed by atoms with Crippen LogP contribution in [0.25, 0.3) is 0 Å². The van der Waals surface area contributed by atoms with Crippen molar-refractivity contribution in [3.05, 3.63) is 11.3 Å². The number of quaternary nitrogens is 1. The Morgan fingerprint density at radius 2 is 2.00 bits per heavy atom.